The van der Waals surface area contributed by atoms with Gasteiger partial charge < -0.3 is 0 Å². The minimum absolute atomic E-state index is 0.0786. The fourth-order valence-corrected chi connectivity index (χ4v) is 7.50. The molecule has 0 amide bonds. The first-order valence-corrected chi connectivity index (χ1v) is 16.1. The standard InChI is InChI=1S/C44H31N3/c1-44(2)38-24-20-30(26-37(38)36-21-19-28-12-6-7-15-32(28)42(36)44)31-22-23-35(34-17-9-8-16-33(31)34)40-27-41(39-18-10-11-25-45-39)47-43(46-40)29-13-4-3-5-14-29/h3-27H,1-2H3. The van der Waals surface area contributed by atoms with Gasteiger partial charge in [0.05, 0.1) is 17.1 Å². The van der Waals surface area contributed by atoms with Crippen LogP contribution in [0.25, 0.3) is 77.8 Å². The number of aromatic nitrogens is 3. The summed E-state index contributed by atoms with van der Waals surface area (Å²) in [4.78, 5) is 14.7. The van der Waals surface area contributed by atoms with Gasteiger partial charge in [-0.3, -0.25) is 4.98 Å². The second-order valence-electron chi connectivity index (χ2n) is 12.8. The minimum atomic E-state index is -0.0786. The van der Waals surface area contributed by atoms with Crippen molar-refractivity contribution < 1.29 is 0 Å². The number of benzene rings is 6. The van der Waals surface area contributed by atoms with Crippen LogP contribution in [0.2, 0.25) is 0 Å². The minimum Gasteiger partial charge on any atom is -0.255 e. The van der Waals surface area contributed by atoms with Crippen LogP contribution >= 0.6 is 0 Å². The van der Waals surface area contributed by atoms with Gasteiger partial charge in [-0.15, -0.1) is 0 Å². The first-order chi connectivity index (χ1) is 23.1. The second-order valence-corrected chi connectivity index (χ2v) is 12.8. The SMILES string of the molecule is CC1(C)c2ccc(-c3ccc(-c4cc(-c5ccccn5)nc(-c5ccccc5)n4)c4ccccc34)cc2-c2ccc3ccccc3c21. The molecule has 0 saturated heterocycles. The molecule has 0 aliphatic heterocycles. The summed E-state index contributed by atoms with van der Waals surface area (Å²) in [5.74, 6) is 0.685. The first-order valence-electron chi connectivity index (χ1n) is 16.1. The van der Waals surface area contributed by atoms with E-state index < -0.39 is 0 Å². The summed E-state index contributed by atoms with van der Waals surface area (Å²) in [6.45, 7) is 4.72. The average molecular weight is 602 g/mol. The van der Waals surface area contributed by atoms with Crippen LogP contribution in [0.1, 0.15) is 25.0 Å². The molecule has 8 aromatic rings. The van der Waals surface area contributed by atoms with Gasteiger partial charge in [0.15, 0.2) is 5.82 Å². The highest BCUT2D eigenvalue weighted by molar-refractivity contribution is 6.06. The Hall–Kier alpha value is -5.93. The van der Waals surface area contributed by atoms with Crippen molar-refractivity contribution in [1.82, 2.24) is 15.0 Å². The number of pyridine rings is 1. The Morgan fingerprint density at radius 2 is 1.13 bits per heavy atom. The van der Waals surface area contributed by atoms with Crippen LogP contribution in [-0.2, 0) is 5.41 Å². The van der Waals surface area contributed by atoms with Crippen LogP contribution in [0.4, 0.5) is 0 Å². The molecule has 9 rings (SSSR count). The van der Waals surface area contributed by atoms with Crippen molar-refractivity contribution in [3.63, 3.8) is 0 Å². The Morgan fingerprint density at radius 3 is 1.94 bits per heavy atom. The fraction of sp³-hybridized carbons (Fsp3) is 0.0682. The molecule has 0 spiro atoms. The maximum absolute atomic E-state index is 5.13. The zero-order valence-corrected chi connectivity index (χ0v) is 26.3. The van der Waals surface area contributed by atoms with Crippen LogP contribution in [-0.4, -0.2) is 15.0 Å². The van der Waals surface area contributed by atoms with E-state index in [0.717, 1.165) is 33.6 Å². The molecule has 6 aromatic carbocycles. The zero-order valence-electron chi connectivity index (χ0n) is 26.3. The molecule has 0 fully saturated rings. The van der Waals surface area contributed by atoms with Crippen molar-refractivity contribution in [2.24, 2.45) is 0 Å². The molecular weight excluding hydrogens is 571 g/mol. The van der Waals surface area contributed by atoms with Crippen LogP contribution in [0, 0.1) is 0 Å². The van der Waals surface area contributed by atoms with Crippen molar-refractivity contribution in [2.45, 2.75) is 19.3 Å². The van der Waals surface area contributed by atoms with Crippen molar-refractivity contribution in [2.75, 3.05) is 0 Å². The summed E-state index contributed by atoms with van der Waals surface area (Å²) in [6.07, 6.45) is 1.81. The van der Waals surface area contributed by atoms with E-state index in [4.69, 9.17) is 9.97 Å². The normalized spacial score (nSPS) is 13.1. The lowest BCUT2D eigenvalue weighted by atomic mass is 9.80. The van der Waals surface area contributed by atoms with E-state index in [1.165, 1.54) is 49.5 Å². The summed E-state index contributed by atoms with van der Waals surface area (Å²) >= 11 is 0. The zero-order chi connectivity index (χ0) is 31.5. The third-order valence-corrected chi connectivity index (χ3v) is 9.73. The van der Waals surface area contributed by atoms with E-state index in [-0.39, 0.29) is 5.41 Å². The Labute approximate surface area is 274 Å². The molecule has 0 saturated carbocycles. The van der Waals surface area contributed by atoms with Gasteiger partial charge in [-0.1, -0.05) is 135 Å². The van der Waals surface area contributed by atoms with Gasteiger partial charge in [0.25, 0.3) is 0 Å². The van der Waals surface area contributed by atoms with E-state index in [0.29, 0.717) is 5.82 Å². The van der Waals surface area contributed by atoms with E-state index in [2.05, 4.69) is 128 Å². The van der Waals surface area contributed by atoms with Gasteiger partial charge in [0.2, 0.25) is 0 Å². The maximum Gasteiger partial charge on any atom is 0.160 e. The smallest absolute Gasteiger partial charge is 0.160 e. The van der Waals surface area contributed by atoms with Crippen LogP contribution in [0.3, 0.4) is 0 Å². The van der Waals surface area contributed by atoms with E-state index in [1.54, 1.807) is 0 Å². The van der Waals surface area contributed by atoms with Crippen LogP contribution < -0.4 is 0 Å². The first kappa shape index (κ1) is 27.4. The highest BCUT2D eigenvalue weighted by Crippen LogP contribution is 2.52. The van der Waals surface area contributed by atoms with Crippen LogP contribution in [0.15, 0.2) is 152 Å². The Bertz CT molecular complexity index is 2420. The third kappa shape index (κ3) is 4.39. The lowest BCUT2D eigenvalue weighted by molar-refractivity contribution is 0.666. The van der Waals surface area contributed by atoms with Gasteiger partial charge in [-0.25, -0.2) is 9.97 Å². The Morgan fingerprint density at radius 1 is 0.447 bits per heavy atom. The molecule has 0 radical (unpaired) electrons. The summed E-state index contributed by atoms with van der Waals surface area (Å²) in [7, 11) is 0. The number of fused-ring (bicyclic) bond motifs is 6. The van der Waals surface area contributed by atoms with E-state index in [9.17, 15) is 0 Å². The van der Waals surface area contributed by atoms with Crippen molar-refractivity contribution >= 4 is 21.5 Å². The molecule has 0 bridgehead atoms. The molecule has 1 aliphatic rings. The van der Waals surface area contributed by atoms with Gasteiger partial charge >= 0.3 is 0 Å². The molecule has 2 aromatic heterocycles. The van der Waals surface area contributed by atoms with E-state index >= 15 is 0 Å². The lowest BCUT2D eigenvalue weighted by Crippen LogP contribution is -2.15. The molecule has 1 aliphatic carbocycles. The van der Waals surface area contributed by atoms with Gasteiger partial charge in [0, 0.05) is 22.7 Å². The molecular formula is C44H31N3. The highest BCUT2D eigenvalue weighted by atomic mass is 14.9. The van der Waals surface area contributed by atoms with Crippen molar-refractivity contribution in [3.8, 4) is 56.3 Å². The molecule has 0 atom stereocenters. The molecule has 3 heteroatoms. The summed E-state index contributed by atoms with van der Waals surface area (Å²) in [5.41, 5.74) is 12.3. The largest absolute Gasteiger partial charge is 0.255 e. The predicted octanol–water partition coefficient (Wildman–Crippen LogP) is 11.2. The number of hydrogen-bond donors (Lipinski definition) is 0. The Kier molecular flexibility index (Phi) is 6.16. The topological polar surface area (TPSA) is 38.7 Å². The average Bonchev–Trinajstić information content (AvgIpc) is 3.37. The summed E-state index contributed by atoms with van der Waals surface area (Å²) in [6, 6.07) is 51.7. The van der Waals surface area contributed by atoms with Gasteiger partial charge in [0.1, 0.15) is 0 Å². The van der Waals surface area contributed by atoms with Crippen molar-refractivity contribution in [3.05, 3.63) is 163 Å². The quantitative estimate of drug-likeness (QED) is 0.201. The number of rotatable bonds is 4. The lowest BCUT2D eigenvalue weighted by Gasteiger charge is -2.23. The van der Waals surface area contributed by atoms with Gasteiger partial charge in [-0.2, -0.15) is 0 Å². The summed E-state index contributed by atoms with van der Waals surface area (Å²) < 4.78 is 0. The monoisotopic (exact) mass is 601 g/mol. The molecule has 2 heterocycles. The molecule has 0 unspecified atom stereocenters. The summed E-state index contributed by atoms with van der Waals surface area (Å²) in [5, 5.41) is 4.98. The maximum atomic E-state index is 5.13. The predicted molar refractivity (Wildman–Crippen MR) is 194 cm³/mol. The van der Waals surface area contributed by atoms with Gasteiger partial charge in [-0.05, 0) is 79.2 Å². The third-order valence-electron chi connectivity index (χ3n) is 9.73. The fourth-order valence-electron chi connectivity index (χ4n) is 7.50. The highest BCUT2D eigenvalue weighted by Gasteiger charge is 2.37. The van der Waals surface area contributed by atoms with Crippen LogP contribution in [0.5, 0.6) is 0 Å². The number of nitrogens with zero attached hydrogens (tertiary/aromatic N) is 3. The Balaban J connectivity index is 1.22. The second kappa shape index (κ2) is 10.6. The molecule has 222 valence electrons. The van der Waals surface area contributed by atoms with Crippen molar-refractivity contribution in [1.29, 1.82) is 0 Å². The molecule has 3 nitrogen and oxygen atoms in total. The molecule has 47 heavy (non-hydrogen) atoms. The molecule has 0 N–H and O–H groups in total. The number of hydrogen-bond acceptors (Lipinski definition) is 3. The van der Waals surface area contributed by atoms with E-state index in [1.807, 2.05) is 42.6 Å².